The van der Waals surface area contributed by atoms with Crippen LogP contribution in [0.25, 0.3) is 0 Å². The van der Waals surface area contributed by atoms with E-state index in [1.165, 1.54) is 0 Å². The Morgan fingerprint density at radius 3 is 2.52 bits per heavy atom. The zero-order valence-corrected chi connectivity index (χ0v) is 12.4. The van der Waals surface area contributed by atoms with Gasteiger partial charge in [-0.15, -0.1) is 0 Å². The number of hydrogen-bond acceptors (Lipinski definition) is 9. The van der Waals surface area contributed by atoms with Gasteiger partial charge in [0.25, 0.3) is 0 Å². The fourth-order valence-corrected chi connectivity index (χ4v) is 3.57. The molecule has 1 saturated carbocycles. The first-order valence-electron chi connectivity index (χ1n) is 7.06. The molecule has 9 heteroatoms. The van der Waals surface area contributed by atoms with Crippen LogP contribution in [-0.4, -0.2) is 75.1 Å². The Kier molecular flexibility index (Phi) is 6.24. The number of hydrogen-bond donors (Lipinski definition) is 6. The molecule has 1 aliphatic carbocycles. The predicted molar refractivity (Wildman–Crippen MR) is 76.0 cm³/mol. The highest BCUT2D eigenvalue weighted by Crippen LogP contribution is 2.32. The highest BCUT2D eigenvalue weighted by molar-refractivity contribution is 7.97. The van der Waals surface area contributed by atoms with Crippen LogP contribution in [0.15, 0.2) is 0 Å². The van der Waals surface area contributed by atoms with E-state index in [9.17, 15) is 15.3 Å². The zero-order chi connectivity index (χ0) is 15.6. The number of ether oxygens (including phenoxy) is 2. The van der Waals surface area contributed by atoms with Crippen molar-refractivity contribution < 1.29 is 29.9 Å². The Balaban J connectivity index is 2.06. The summed E-state index contributed by atoms with van der Waals surface area (Å²) >= 11 is 0.836. The normalized spacial score (nSPS) is 48.3. The second kappa shape index (κ2) is 7.53. The van der Waals surface area contributed by atoms with E-state index in [0.717, 1.165) is 24.8 Å². The smallest absolute Gasteiger partial charge is 0.182 e. The van der Waals surface area contributed by atoms with Crippen molar-refractivity contribution >= 4 is 11.9 Å². The van der Waals surface area contributed by atoms with E-state index in [0.29, 0.717) is 6.42 Å². The largest absolute Gasteiger partial charge is 0.394 e. The molecule has 0 spiro atoms. The molecule has 2 rings (SSSR count). The lowest BCUT2D eigenvalue weighted by atomic mass is 9.90. The van der Waals surface area contributed by atoms with Gasteiger partial charge in [0.2, 0.25) is 0 Å². The van der Waals surface area contributed by atoms with Crippen molar-refractivity contribution in [1.29, 1.82) is 0 Å². The molecule has 0 bridgehead atoms. The van der Waals surface area contributed by atoms with Crippen molar-refractivity contribution in [2.24, 2.45) is 10.9 Å². The Morgan fingerprint density at radius 1 is 1.19 bits per heavy atom. The van der Waals surface area contributed by atoms with Gasteiger partial charge in [0.05, 0.1) is 30.2 Å². The standard InChI is InChI=1S/C12H24N2O6S/c13-5-2-1-3-6(8(5)16)19-10-11(21-14)9(17)7(4-15)20-12(10)18/h5-12,15-18H,1-4,13-14H2/t5-,6+,7+,8+,9-,10+,11-,12+/m0/s1. The summed E-state index contributed by atoms with van der Waals surface area (Å²) < 4.78 is 10.9. The van der Waals surface area contributed by atoms with Crippen LogP contribution in [0.4, 0.5) is 0 Å². The Labute approximate surface area is 127 Å². The van der Waals surface area contributed by atoms with Gasteiger partial charge >= 0.3 is 0 Å². The summed E-state index contributed by atoms with van der Waals surface area (Å²) in [4.78, 5) is 0. The van der Waals surface area contributed by atoms with Crippen LogP contribution in [0.2, 0.25) is 0 Å². The molecular weight excluding hydrogens is 300 g/mol. The predicted octanol–water partition coefficient (Wildman–Crippen LogP) is -2.34. The molecule has 2 aliphatic rings. The highest BCUT2D eigenvalue weighted by Gasteiger charge is 2.47. The van der Waals surface area contributed by atoms with E-state index in [1.807, 2.05) is 0 Å². The first kappa shape index (κ1) is 17.4. The molecule has 0 aromatic heterocycles. The number of rotatable bonds is 4. The molecule has 0 unspecified atom stereocenters. The molecule has 0 aromatic rings. The third-order valence-corrected chi connectivity index (χ3v) is 5.01. The van der Waals surface area contributed by atoms with E-state index in [2.05, 4.69) is 0 Å². The van der Waals surface area contributed by atoms with Crippen molar-refractivity contribution in [3.05, 3.63) is 0 Å². The molecule has 0 radical (unpaired) electrons. The van der Waals surface area contributed by atoms with Crippen molar-refractivity contribution in [3.63, 3.8) is 0 Å². The van der Waals surface area contributed by atoms with Crippen LogP contribution >= 0.6 is 11.9 Å². The number of aliphatic hydroxyl groups is 4. The van der Waals surface area contributed by atoms with Crippen molar-refractivity contribution in [3.8, 4) is 0 Å². The van der Waals surface area contributed by atoms with Gasteiger partial charge in [-0.2, -0.15) is 0 Å². The fourth-order valence-electron chi connectivity index (χ4n) is 2.88. The second-order valence-corrected chi connectivity index (χ2v) is 6.38. The number of aliphatic hydroxyl groups excluding tert-OH is 4. The van der Waals surface area contributed by atoms with Crippen LogP contribution in [0.1, 0.15) is 19.3 Å². The number of nitrogens with two attached hydrogens (primary N) is 2. The topological polar surface area (TPSA) is 151 Å². The molecule has 0 aromatic carbocycles. The minimum Gasteiger partial charge on any atom is -0.394 e. The van der Waals surface area contributed by atoms with Crippen LogP contribution in [0.5, 0.6) is 0 Å². The third kappa shape index (κ3) is 3.69. The van der Waals surface area contributed by atoms with Crippen molar-refractivity contribution in [1.82, 2.24) is 0 Å². The highest BCUT2D eigenvalue weighted by atomic mass is 32.2. The first-order chi connectivity index (χ1) is 9.99. The zero-order valence-electron chi connectivity index (χ0n) is 11.6. The maximum absolute atomic E-state index is 10.1. The van der Waals surface area contributed by atoms with Gasteiger partial charge in [-0.25, -0.2) is 0 Å². The minimum absolute atomic E-state index is 0.371. The van der Waals surface area contributed by atoms with Crippen molar-refractivity contribution in [2.45, 2.75) is 67.4 Å². The van der Waals surface area contributed by atoms with Crippen LogP contribution in [-0.2, 0) is 9.47 Å². The average Bonchev–Trinajstić information content (AvgIpc) is 2.47. The quantitative estimate of drug-likeness (QED) is 0.312. The SMILES string of the molecule is NS[C@H]1[C@@H](O)[C@@H](CO)O[C@@H](O)[C@@H]1O[C@@H]1CCC[C@H](N)[C@H]1O. The summed E-state index contributed by atoms with van der Waals surface area (Å²) in [5.74, 6) is 0. The summed E-state index contributed by atoms with van der Waals surface area (Å²) in [5, 5.41) is 44.2. The molecule has 8 nitrogen and oxygen atoms in total. The van der Waals surface area contributed by atoms with Gasteiger partial charge in [-0.1, -0.05) is 11.9 Å². The minimum atomic E-state index is -1.34. The Hall–Kier alpha value is 0.0300. The molecule has 21 heavy (non-hydrogen) atoms. The summed E-state index contributed by atoms with van der Waals surface area (Å²) in [6.45, 7) is -0.432. The molecule has 1 aliphatic heterocycles. The summed E-state index contributed by atoms with van der Waals surface area (Å²) in [6, 6.07) is -0.371. The molecule has 124 valence electrons. The van der Waals surface area contributed by atoms with Crippen molar-refractivity contribution in [2.75, 3.05) is 6.61 Å². The van der Waals surface area contributed by atoms with E-state index in [-0.39, 0.29) is 6.04 Å². The van der Waals surface area contributed by atoms with Crippen LogP contribution < -0.4 is 10.9 Å². The molecule has 0 amide bonds. The monoisotopic (exact) mass is 324 g/mol. The lowest BCUT2D eigenvalue weighted by Gasteiger charge is -2.44. The van der Waals surface area contributed by atoms with Gasteiger partial charge in [-0.05, 0) is 19.3 Å². The van der Waals surface area contributed by atoms with Gasteiger partial charge in [0.15, 0.2) is 6.29 Å². The third-order valence-electron chi connectivity index (χ3n) is 4.15. The average molecular weight is 324 g/mol. The molecule has 8 atom stereocenters. The summed E-state index contributed by atoms with van der Waals surface area (Å²) in [7, 11) is 0. The van der Waals surface area contributed by atoms with Crippen LogP contribution in [0, 0.1) is 0 Å². The van der Waals surface area contributed by atoms with Gasteiger partial charge in [0, 0.05) is 6.04 Å². The second-order valence-electron chi connectivity index (χ2n) is 5.56. The molecular formula is C12H24N2O6S. The van der Waals surface area contributed by atoms with E-state index in [4.69, 9.17) is 25.5 Å². The molecule has 1 heterocycles. The summed E-state index contributed by atoms with van der Waals surface area (Å²) in [6.07, 6.45) is -3.46. The Bertz CT molecular complexity index is 339. The van der Waals surface area contributed by atoms with Crippen LogP contribution in [0.3, 0.4) is 0 Å². The molecule has 2 fully saturated rings. The maximum Gasteiger partial charge on any atom is 0.182 e. The van der Waals surface area contributed by atoms with Gasteiger partial charge in [0.1, 0.15) is 12.2 Å². The lowest BCUT2D eigenvalue weighted by Crippen LogP contribution is -2.60. The fraction of sp³-hybridized carbons (Fsp3) is 1.00. The lowest BCUT2D eigenvalue weighted by molar-refractivity contribution is -0.273. The maximum atomic E-state index is 10.1. The van der Waals surface area contributed by atoms with E-state index in [1.54, 1.807) is 0 Å². The van der Waals surface area contributed by atoms with Gasteiger partial charge < -0.3 is 35.6 Å². The summed E-state index contributed by atoms with van der Waals surface area (Å²) in [5.41, 5.74) is 5.81. The Morgan fingerprint density at radius 2 is 1.90 bits per heavy atom. The molecule has 8 N–H and O–H groups in total. The molecule has 1 saturated heterocycles. The van der Waals surface area contributed by atoms with E-state index < -0.39 is 48.7 Å². The van der Waals surface area contributed by atoms with Gasteiger partial charge in [-0.3, -0.25) is 5.14 Å². The first-order valence-corrected chi connectivity index (χ1v) is 8.01. The van der Waals surface area contributed by atoms with E-state index >= 15 is 0 Å².